The molecule has 0 saturated heterocycles. The van der Waals surface area contributed by atoms with Crippen LogP contribution in [0.5, 0.6) is 0 Å². The van der Waals surface area contributed by atoms with Gasteiger partial charge in [-0.25, -0.2) is 0 Å². The summed E-state index contributed by atoms with van der Waals surface area (Å²) in [7, 11) is 8.38. The average molecular weight is 208 g/mol. The maximum absolute atomic E-state index is 2.20. The van der Waals surface area contributed by atoms with Gasteiger partial charge in [-0.1, -0.05) is 44.2 Å². The Balaban J connectivity index is 0.000000921. The van der Waals surface area contributed by atoms with E-state index in [1.807, 2.05) is 19.9 Å². The van der Waals surface area contributed by atoms with Crippen LogP contribution in [0.1, 0.15) is 25.6 Å². The van der Waals surface area contributed by atoms with Crippen LogP contribution in [0.25, 0.3) is 0 Å². The monoisotopic (exact) mass is 208 g/mol. The van der Waals surface area contributed by atoms with Crippen LogP contribution < -0.4 is 0 Å². The molecule has 0 radical (unpaired) electrons. The summed E-state index contributed by atoms with van der Waals surface area (Å²) in [5.74, 6) is 0. The van der Waals surface area contributed by atoms with Gasteiger partial charge in [-0.05, 0) is 33.8 Å². The summed E-state index contributed by atoms with van der Waals surface area (Å²) in [6.07, 6.45) is 0.362. The molecular weight excluding hydrogens is 184 g/mol. The molecule has 0 N–H and O–H groups in total. The van der Waals surface area contributed by atoms with Gasteiger partial charge in [-0.3, -0.25) is 9.80 Å². The molecule has 0 atom stereocenters. The highest BCUT2D eigenvalue weighted by Gasteiger charge is 2.14. The van der Waals surface area contributed by atoms with E-state index in [9.17, 15) is 0 Å². The minimum Gasteiger partial charge on any atom is -0.290 e. The van der Waals surface area contributed by atoms with Crippen molar-refractivity contribution in [1.82, 2.24) is 9.80 Å². The molecule has 2 heteroatoms. The van der Waals surface area contributed by atoms with Crippen molar-refractivity contribution in [2.75, 3.05) is 28.2 Å². The lowest BCUT2D eigenvalue weighted by molar-refractivity contribution is 0.131. The first kappa shape index (κ1) is 14.1. The number of hydrogen-bond donors (Lipinski definition) is 0. The first-order valence-electron chi connectivity index (χ1n) is 5.50. The largest absolute Gasteiger partial charge is 0.290 e. The molecule has 86 valence electrons. The smallest absolute Gasteiger partial charge is 0.0876 e. The van der Waals surface area contributed by atoms with Gasteiger partial charge in [0.1, 0.15) is 0 Å². The predicted molar refractivity (Wildman–Crippen MR) is 67.9 cm³/mol. The Labute approximate surface area is 94.5 Å². The highest BCUT2D eigenvalue weighted by molar-refractivity contribution is 5.18. The van der Waals surface area contributed by atoms with Gasteiger partial charge >= 0.3 is 0 Å². The zero-order valence-electron chi connectivity index (χ0n) is 10.9. The molecule has 1 aromatic carbocycles. The van der Waals surface area contributed by atoms with Crippen LogP contribution in [-0.4, -0.2) is 38.0 Å². The lowest BCUT2D eigenvalue weighted by Gasteiger charge is -2.30. The fourth-order valence-electron chi connectivity index (χ4n) is 1.68. The third-order valence-corrected chi connectivity index (χ3v) is 2.08. The predicted octanol–water partition coefficient (Wildman–Crippen LogP) is 2.83. The minimum atomic E-state index is 0.362. The van der Waals surface area contributed by atoms with E-state index >= 15 is 0 Å². The summed E-state index contributed by atoms with van der Waals surface area (Å²) in [4.78, 5) is 4.41. The third-order valence-electron chi connectivity index (χ3n) is 2.08. The zero-order valence-corrected chi connectivity index (χ0v) is 10.9. The van der Waals surface area contributed by atoms with Crippen LogP contribution in [0.3, 0.4) is 0 Å². The number of hydrogen-bond acceptors (Lipinski definition) is 2. The van der Waals surface area contributed by atoms with Gasteiger partial charge in [0, 0.05) is 0 Å². The van der Waals surface area contributed by atoms with Crippen molar-refractivity contribution in [2.45, 2.75) is 20.0 Å². The van der Waals surface area contributed by atoms with Crippen LogP contribution >= 0.6 is 0 Å². The molecule has 0 spiro atoms. The molecule has 0 aliphatic carbocycles. The molecule has 2 nitrogen and oxygen atoms in total. The summed E-state index contributed by atoms with van der Waals surface area (Å²) in [6.45, 7) is 4.00. The average Bonchev–Trinajstić information content (AvgIpc) is 2.21. The molecule has 1 aromatic rings. The fraction of sp³-hybridized carbons (Fsp3) is 0.538. The van der Waals surface area contributed by atoms with Crippen molar-refractivity contribution in [2.24, 2.45) is 0 Å². The molecule has 0 fully saturated rings. The van der Waals surface area contributed by atoms with E-state index in [0.717, 1.165) is 0 Å². The maximum Gasteiger partial charge on any atom is 0.0876 e. The molecule has 0 amide bonds. The minimum absolute atomic E-state index is 0.362. The summed E-state index contributed by atoms with van der Waals surface area (Å²) in [5, 5.41) is 0. The molecule has 0 aliphatic heterocycles. The van der Waals surface area contributed by atoms with Gasteiger partial charge in [0.15, 0.2) is 0 Å². The Morgan fingerprint density at radius 1 is 0.800 bits per heavy atom. The van der Waals surface area contributed by atoms with Crippen molar-refractivity contribution < 1.29 is 0 Å². The second-order valence-corrected chi connectivity index (χ2v) is 3.71. The number of nitrogens with zero attached hydrogens (tertiary/aromatic N) is 2. The van der Waals surface area contributed by atoms with Gasteiger partial charge in [0.25, 0.3) is 0 Å². The van der Waals surface area contributed by atoms with Gasteiger partial charge in [-0.2, -0.15) is 0 Å². The van der Waals surface area contributed by atoms with Crippen molar-refractivity contribution in [3.8, 4) is 0 Å². The van der Waals surface area contributed by atoms with Crippen molar-refractivity contribution >= 4 is 0 Å². The topological polar surface area (TPSA) is 6.48 Å². The van der Waals surface area contributed by atoms with Crippen molar-refractivity contribution in [3.63, 3.8) is 0 Å². The SMILES string of the molecule is CC.CN(C)C(c1ccccc1)N(C)C. The van der Waals surface area contributed by atoms with Crippen LogP contribution in [0, 0.1) is 0 Å². The number of benzene rings is 1. The number of rotatable bonds is 3. The van der Waals surface area contributed by atoms with Crippen LogP contribution in [0.15, 0.2) is 30.3 Å². The van der Waals surface area contributed by atoms with E-state index in [0.29, 0.717) is 6.17 Å². The van der Waals surface area contributed by atoms with Crippen LogP contribution in [-0.2, 0) is 0 Å². The Hall–Kier alpha value is -0.860. The van der Waals surface area contributed by atoms with E-state index in [1.165, 1.54) is 5.56 Å². The van der Waals surface area contributed by atoms with Crippen LogP contribution in [0.4, 0.5) is 0 Å². The molecule has 15 heavy (non-hydrogen) atoms. The molecule has 0 unspecified atom stereocenters. The second kappa shape index (κ2) is 7.43. The van der Waals surface area contributed by atoms with E-state index in [1.54, 1.807) is 0 Å². The van der Waals surface area contributed by atoms with Gasteiger partial charge in [-0.15, -0.1) is 0 Å². The normalized spacial score (nSPS) is 10.5. The van der Waals surface area contributed by atoms with Gasteiger partial charge in [0.05, 0.1) is 6.17 Å². The molecule has 0 aliphatic rings. The van der Waals surface area contributed by atoms with Crippen LogP contribution in [0.2, 0.25) is 0 Å². The molecule has 0 bridgehead atoms. The van der Waals surface area contributed by atoms with E-state index in [-0.39, 0.29) is 0 Å². The molecular formula is C13H24N2. The standard InChI is InChI=1S/C11H18N2.C2H6/c1-12(2)11(13(3)4)10-8-6-5-7-9-10;1-2/h5-9,11H,1-4H3;1-2H3. The lowest BCUT2D eigenvalue weighted by atomic mass is 10.1. The second-order valence-electron chi connectivity index (χ2n) is 3.71. The highest BCUT2D eigenvalue weighted by atomic mass is 15.3. The molecule has 1 rings (SSSR count). The third kappa shape index (κ3) is 4.45. The Morgan fingerprint density at radius 2 is 1.20 bits per heavy atom. The van der Waals surface area contributed by atoms with Crippen molar-refractivity contribution in [3.05, 3.63) is 35.9 Å². The quantitative estimate of drug-likeness (QED) is 0.705. The molecule has 0 saturated carbocycles. The summed E-state index contributed by atoms with van der Waals surface area (Å²) < 4.78 is 0. The van der Waals surface area contributed by atoms with Crippen molar-refractivity contribution in [1.29, 1.82) is 0 Å². The van der Waals surface area contributed by atoms with E-state index in [2.05, 4.69) is 62.3 Å². The Bertz CT molecular complexity index is 234. The fourth-order valence-corrected chi connectivity index (χ4v) is 1.68. The Morgan fingerprint density at radius 3 is 1.53 bits per heavy atom. The maximum atomic E-state index is 2.20. The summed E-state index contributed by atoms with van der Waals surface area (Å²) >= 11 is 0. The van der Waals surface area contributed by atoms with E-state index in [4.69, 9.17) is 0 Å². The highest BCUT2D eigenvalue weighted by Crippen LogP contribution is 2.19. The first-order valence-corrected chi connectivity index (χ1v) is 5.50. The van der Waals surface area contributed by atoms with Gasteiger partial charge in [0.2, 0.25) is 0 Å². The summed E-state index contributed by atoms with van der Waals surface area (Å²) in [6, 6.07) is 10.5. The van der Waals surface area contributed by atoms with Gasteiger partial charge < -0.3 is 0 Å². The lowest BCUT2D eigenvalue weighted by Crippen LogP contribution is -2.32. The molecule has 0 aromatic heterocycles. The summed E-state index contributed by atoms with van der Waals surface area (Å²) in [5.41, 5.74) is 1.33. The zero-order chi connectivity index (χ0) is 11.8. The Kier molecular flexibility index (Phi) is 7.01. The molecule has 0 heterocycles. The first-order chi connectivity index (χ1) is 7.13. The van der Waals surface area contributed by atoms with E-state index < -0.39 is 0 Å².